The number of hydrogen-bond acceptors (Lipinski definition) is 3. The summed E-state index contributed by atoms with van der Waals surface area (Å²) in [6.45, 7) is 1.77. The second-order valence-corrected chi connectivity index (χ2v) is 6.14. The van der Waals surface area contributed by atoms with Gasteiger partial charge in [-0.3, -0.25) is 0 Å². The molecule has 7 heteroatoms. The van der Waals surface area contributed by atoms with E-state index < -0.39 is 21.7 Å². The van der Waals surface area contributed by atoms with Gasteiger partial charge in [0.25, 0.3) is 0 Å². The predicted octanol–water partition coefficient (Wildman–Crippen LogP) is 2.07. The van der Waals surface area contributed by atoms with E-state index in [0.29, 0.717) is 12.5 Å². The van der Waals surface area contributed by atoms with Crippen molar-refractivity contribution >= 4 is 10.0 Å². The Morgan fingerprint density at radius 2 is 2.05 bits per heavy atom. The van der Waals surface area contributed by atoms with Crippen molar-refractivity contribution in [3.05, 3.63) is 29.8 Å². The first-order valence-corrected chi connectivity index (χ1v) is 8.10. The summed E-state index contributed by atoms with van der Waals surface area (Å²) in [6, 6.07) is 2.96. The number of sulfonamides is 1. The summed E-state index contributed by atoms with van der Waals surface area (Å²) in [7, 11) is -3.29. The molecule has 0 spiro atoms. The van der Waals surface area contributed by atoms with Crippen molar-refractivity contribution in [3.63, 3.8) is 0 Å². The Labute approximate surface area is 123 Å². The Morgan fingerprint density at radius 3 is 2.71 bits per heavy atom. The first-order valence-electron chi connectivity index (χ1n) is 6.45. The second kappa shape index (κ2) is 8.60. The molecule has 0 amide bonds. The standard InChI is InChI=1S/C14H17F2NO3S/c1-2-3-10-21(18,19)17-8-4-5-9-20-14-7-6-12(15)11-13(14)16/h6-7,11,17H,2-3,8-10H2,1H3. The molecule has 1 aromatic rings. The van der Waals surface area contributed by atoms with Crippen LogP contribution in [-0.4, -0.2) is 27.3 Å². The maximum atomic E-state index is 13.2. The van der Waals surface area contributed by atoms with E-state index in [0.717, 1.165) is 12.5 Å². The van der Waals surface area contributed by atoms with Crippen LogP contribution < -0.4 is 9.46 Å². The van der Waals surface area contributed by atoms with Crippen molar-refractivity contribution in [3.8, 4) is 17.6 Å². The number of halogens is 2. The summed E-state index contributed by atoms with van der Waals surface area (Å²) in [5, 5.41) is 0. The van der Waals surface area contributed by atoms with E-state index in [-0.39, 0.29) is 24.7 Å². The quantitative estimate of drug-likeness (QED) is 0.783. The monoisotopic (exact) mass is 317 g/mol. The fourth-order valence-corrected chi connectivity index (χ4v) is 2.48. The molecule has 1 N–H and O–H groups in total. The molecule has 0 saturated carbocycles. The maximum Gasteiger partial charge on any atom is 0.212 e. The molecule has 0 saturated heterocycles. The van der Waals surface area contributed by atoms with Gasteiger partial charge in [-0.1, -0.05) is 25.2 Å². The average molecular weight is 317 g/mol. The Kier molecular flexibility index (Phi) is 7.12. The highest BCUT2D eigenvalue weighted by Gasteiger charge is 2.06. The zero-order valence-corrected chi connectivity index (χ0v) is 12.5. The third-order valence-corrected chi connectivity index (χ3v) is 3.88. The fraction of sp³-hybridized carbons (Fsp3) is 0.429. The molecule has 1 rings (SSSR count). The number of rotatable bonds is 7. The van der Waals surface area contributed by atoms with Crippen molar-refractivity contribution in [2.75, 3.05) is 18.9 Å². The maximum absolute atomic E-state index is 13.2. The largest absolute Gasteiger partial charge is 0.478 e. The molecule has 0 aromatic heterocycles. The molecule has 0 aliphatic carbocycles. The van der Waals surface area contributed by atoms with Gasteiger partial charge in [-0.15, -0.1) is 0 Å². The van der Waals surface area contributed by atoms with E-state index in [1.807, 2.05) is 6.92 Å². The van der Waals surface area contributed by atoms with Crippen LogP contribution >= 0.6 is 0 Å². The van der Waals surface area contributed by atoms with Gasteiger partial charge < -0.3 is 4.74 Å². The number of benzene rings is 1. The normalized spacial score (nSPS) is 10.8. The molecular weight excluding hydrogens is 300 g/mol. The predicted molar refractivity (Wildman–Crippen MR) is 76.3 cm³/mol. The minimum atomic E-state index is -3.29. The Bertz CT molecular complexity index is 621. The molecular formula is C14H17F2NO3S. The van der Waals surface area contributed by atoms with Crippen LogP contribution in [0.25, 0.3) is 0 Å². The third kappa shape index (κ3) is 7.06. The van der Waals surface area contributed by atoms with Gasteiger partial charge >= 0.3 is 0 Å². The molecule has 0 heterocycles. The lowest BCUT2D eigenvalue weighted by Crippen LogP contribution is -2.26. The van der Waals surface area contributed by atoms with Gasteiger partial charge in [-0.2, -0.15) is 0 Å². The van der Waals surface area contributed by atoms with E-state index in [9.17, 15) is 17.2 Å². The first kappa shape index (κ1) is 17.4. The molecule has 0 fully saturated rings. The van der Waals surface area contributed by atoms with E-state index in [2.05, 4.69) is 16.6 Å². The van der Waals surface area contributed by atoms with Crippen molar-refractivity contribution in [2.24, 2.45) is 0 Å². The van der Waals surface area contributed by atoms with Crippen LogP contribution in [0.4, 0.5) is 8.78 Å². The van der Waals surface area contributed by atoms with Crippen molar-refractivity contribution in [2.45, 2.75) is 19.8 Å². The molecule has 0 unspecified atom stereocenters. The summed E-state index contributed by atoms with van der Waals surface area (Å²) < 4.78 is 56.0. The molecule has 0 atom stereocenters. The van der Waals surface area contributed by atoms with Gasteiger partial charge in [0.2, 0.25) is 10.0 Å². The number of ether oxygens (including phenoxy) is 1. The van der Waals surface area contributed by atoms with E-state index in [1.54, 1.807) is 0 Å². The van der Waals surface area contributed by atoms with Crippen molar-refractivity contribution < 1.29 is 21.9 Å². The van der Waals surface area contributed by atoms with Gasteiger partial charge in [-0.05, 0) is 18.6 Å². The summed E-state index contributed by atoms with van der Waals surface area (Å²) in [4.78, 5) is 0. The topological polar surface area (TPSA) is 55.4 Å². The lowest BCUT2D eigenvalue weighted by Gasteiger charge is -2.03. The van der Waals surface area contributed by atoms with Gasteiger partial charge in [0, 0.05) is 6.07 Å². The van der Waals surface area contributed by atoms with Crippen LogP contribution in [0.2, 0.25) is 0 Å². The highest BCUT2D eigenvalue weighted by atomic mass is 32.2. The Morgan fingerprint density at radius 1 is 1.29 bits per heavy atom. The van der Waals surface area contributed by atoms with Gasteiger partial charge in [0.1, 0.15) is 12.4 Å². The van der Waals surface area contributed by atoms with Gasteiger partial charge in [0.15, 0.2) is 11.6 Å². The average Bonchev–Trinajstić information content (AvgIpc) is 2.42. The minimum absolute atomic E-state index is 0.0265. The molecule has 116 valence electrons. The summed E-state index contributed by atoms with van der Waals surface area (Å²) in [5.41, 5.74) is 0. The molecule has 21 heavy (non-hydrogen) atoms. The van der Waals surface area contributed by atoms with Gasteiger partial charge in [0.05, 0.1) is 12.3 Å². The molecule has 0 bridgehead atoms. The van der Waals surface area contributed by atoms with Gasteiger partial charge in [-0.25, -0.2) is 21.9 Å². The second-order valence-electron chi connectivity index (χ2n) is 4.21. The molecule has 4 nitrogen and oxygen atoms in total. The molecule has 0 aliphatic heterocycles. The van der Waals surface area contributed by atoms with Crippen LogP contribution in [0.3, 0.4) is 0 Å². The first-order chi connectivity index (χ1) is 9.94. The van der Waals surface area contributed by atoms with Crippen LogP contribution in [-0.2, 0) is 10.0 Å². The number of hydrogen-bond donors (Lipinski definition) is 1. The lowest BCUT2D eigenvalue weighted by molar-refractivity contribution is 0.346. The summed E-state index contributed by atoms with van der Waals surface area (Å²) >= 11 is 0. The van der Waals surface area contributed by atoms with Crippen LogP contribution in [0.1, 0.15) is 19.8 Å². The minimum Gasteiger partial charge on any atom is -0.478 e. The van der Waals surface area contributed by atoms with E-state index in [1.165, 1.54) is 6.07 Å². The molecule has 0 aliphatic rings. The van der Waals surface area contributed by atoms with E-state index >= 15 is 0 Å². The van der Waals surface area contributed by atoms with Crippen LogP contribution in [0.5, 0.6) is 5.75 Å². The SMILES string of the molecule is CCCCS(=O)(=O)NCC#CCOc1ccc(F)cc1F. The highest BCUT2D eigenvalue weighted by molar-refractivity contribution is 7.89. The fourth-order valence-electron chi connectivity index (χ4n) is 1.37. The molecule has 0 radical (unpaired) electrons. The smallest absolute Gasteiger partial charge is 0.212 e. The van der Waals surface area contributed by atoms with Crippen LogP contribution in [0.15, 0.2) is 18.2 Å². The number of unbranched alkanes of at least 4 members (excludes halogenated alkanes) is 1. The highest BCUT2D eigenvalue weighted by Crippen LogP contribution is 2.17. The number of nitrogens with one attached hydrogen (secondary N) is 1. The zero-order valence-electron chi connectivity index (χ0n) is 11.7. The van der Waals surface area contributed by atoms with E-state index in [4.69, 9.17) is 4.74 Å². The molecule has 1 aromatic carbocycles. The third-order valence-electron chi connectivity index (χ3n) is 2.47. The van der Waals surface area contributed by atoms with Crippen molar-refractivity contribution in [1.82, 2.24) is 4.72 Å². The zero-order chi connectivity index (χ0) is 15.7. The van der Waals surface area contributed by atoms with Crippen molar-refractivity contribution in [1.29, 1.82) is 0 Å². The summed E-state index contributed by atoms with van der Waals surface area (Å²) in [6.07, 6.45) is 1.39. The Balaban J connectivity index is 2.34. The summed E-state index contributed by atoms with van der Waals surface area (Å²) in [5.74, 6) is 3.58. The lowest BCUT2D eigenvalue weighted by atomic mass is 10.3. The Hall–Kier alpha value is -1.65. The van der Waals surface area contributed by atoms with Crippen LogP contribution in [0, 0.1) is 23.5 Å².